The van der Waals surface area contributed by atoms with Gasteiger partial charge >= 0.3 is 6.03 Å². The molecule has 0 atom stereocenters. The monoisotopic (exact) mass is 403 g/mol. The quantitative estimate of drug-likeness (QED) is 0.446. The van der Waals surface area contributed by atoms with Crippen molar-refractivity contribution in [2.75, 3.05) is 16.0 Å². The van der Waals surface area contributed by atoms with E-state index in [0.717, 1.165) is 5.69 Å². The maximum absolute atomic E-state index is 12.5. The lowest BCUT2D eigenvalue weighted by Crippen LogP contribution is -2.18. The van der Waals surface area contributed by atoms with Crippen molar-refractivity contribution in [1.82, 2.24) is 9.55 Å². The number of imidazole rings is 1. The molecular formula is C21H17N5O2S. The van der Waals surface area contributed by atoms with Crippen molar-refractivity contribution in [3.63, 3.8) is 0 Å². The highest BCUT2D eigenvalue weighted by Gasteiger charge is 2.11. The van der Waals surface area contributed by atoms with Crippen LogP contribution in [-0.2, 0) is 0 Å². The van der Waals surface area contributed by atoms with Gasteiger partial charge in [0.1, 0.15) is 0 Å². The van der Waals surface area contributed by atoms with Crippen LogP contribution in [0.25, 0.3) is 5.69 Å². The Morgan fingerprint density at radius 2 is 1.59 bits per heavy atom. The number of benzene rings is 2. The van der Waals surface area contributed by atoms with Gasteiger partial charge in [-0.1, -0.05) is 18.2 Å². The fourth-order valence-corrected chi connectivity index (χ4v) is 3.44. The predicted molar refractivity (Wildman–Crippen MR) is 115 cm³/mol. The summed E-state index contributed by atoms with van der Waals surface area (Å²) in [6, 6.07) is 19.6. The molecule has 2 aromatic heterocycles. The molecule has 0 saturated carbocycles. The number of hydrogen-bond donors (Lipinski definition) is 3. The van der Waals surface area contributed by atoms with Gasteiger partial charge < -0.3 is 15.2 Å². The number of nitrogens with zero attached hydrogens (tertiary/aromatic N) is 2. The van der Waals surface area contributed by atoms with Gasteiger partial charge in [0, 0.05) is 29.5 Å². The van der Waals surface area contributed by atoms with Crippen LogP contribution in [0.5, 0.6) is 0 Å². The normalized spacial score (nSPS) is 10.3. The molecule has 0 unspecified atom stereocenters. The van der Waals surface area contributed by atoms with E-state index in [1.54, 1.807) is 36.8 Å². The number of carbonyl (C=O) groups is 2. The Morgan fingerprint density at radius 1 is 0.828 bits per heavy atom. The highest BCUT2D eigenvalue weighted by Crippen LogP contribution is 2.23. The first-order chi connectivity index (χ1) is 14.2. The zero-order valence-electron chi connectivity index (χ0n) is 15.2. The Morgan fingerprint density at radius 3 is 2.31 bits per heavy atom. The SMILES string of the molecule is O=C(Nc1ccccc1)Nc1ccc(C(=O)Nc2ccc(-n3ccnc3)cc2)s1. The summed E-state index contributed by atoms with van der Waals surface area (Å²) in [5, 5.41) is 8.91. The number of rotatable bonds is 5. The largest absolute Gasteiger partial charge is 0.324 e. The summed E-state index contributed by atoms with van der Waals surface area (Å²) in [5.74, 6) is -0.234. The Balaban J connectivity index is 1.35. The van der Waals surface area contributed by atoms with E-state index in [0.29, 0.717) is 21.3 Å². The maximum Gasteiger partial charge on any atom is 0.324 e. The highest BCUT2D eigenvalue weighted by molar-refractivity contribution is 7.18. The van der Waals surface area contributed by atoms with Gasteiger partial charge in [-0.3, -0.25) is 10.1 Å². The summed E-state index contributed by atoms with van der Waals surface area (Å²) in [4.78, 5) is 29.0. The number of aromatic nitrogens is 2. The molecule has 3 amide bonds. The first-order valence-corrected chi connectivity index (χ1v) is 9.62. The molecular weight excluding hydrogens is 386 g/mol. The van der Waals surface area contributed by atoms with E-state index in [1.165, 1.54) is 11.3 Å². The molecule has 0 aliphatic carbocycles. The number of para-hydroxylation sites is 1. The van der Waals surface area contributed by atoms with Gasteiger partial charge in [-0.15, -0.1) is 11.3 Å². The lowest BCUT2D eigenvalue weighted by molar-refractivity contribution is 0.103. The van der Waals surface area contributed by atoms with Crippen LogP contribution in [0.4, 0.5) is 21.2 Å². The third-order valence-electron chi connectivity index (χ3n) is 4.03. The van der Waals surface area contributed by atoms with Crippen molar-refractivity contribution in [2.45, 2.75) is 0 Å². The highest BCUT2D eigenvalue weighted by atomic mass is 32.1. The second-order valence-electron chi connectivity index (χ2n) is 6.08. The number of anilines is 3. The van der Waals surface area contributed by atoms with E-state index in [4.69, 9.17) is 0 Å². The van der Waals surface area contributed by atoms with Crippen molar-refractivity contribution in [2.24, 2.45) is 0 Å². The standard InChI is InChI=1S/C21H17N5O2S/c27-20(23-16-6-8-17(9-7-16)26-13-12-22-14-26)18-10-11-19(29-18)25-21(28)24-15-4-2-1-3-5-15/h1-14H,(H,23,27)(H2,24,25,28). The lowest BCUT2D eigenvalue weighted by Gasteiger charge is -2.06. The van der Waals surface area contributed by atoms with Crippen LogP contribution in [0.3, 0.4) is 0 Å². The fraction of sp³-hybridized carbons (Fsp3) is 0. The number of thiophene rings is 1. The molecule has 2 aromatic carbocycles. The van der Waals surface area contributed by atoms with Crippen LogP contribution >= 0.6 is 11.3 Å². The summed E-state index contributed by atoms with van der Waals surface area (Å²) in [5.41, 5.74) is 2.33. The van der Waals surface area contributed by atoms with Gasteiger partial charge in [0.15, 0.2) is 0 Å². The molecule has 0 spiro atoms. The van der Waals surface area contributed by atoms with Crippen molar-refractivity contribution in [3.05, 3.63) is 90.3 Å². The topological polar surface area (TPSA) is 88.0 Å². The van der Waals surface area contributed by atoms with E-state index in [9.17, 15) is 9.59 Å². The van der Waals surface area contributed by atoms with Crippen LogP contribution in [-0.4, -0.2) is 21.5 Å². The van der Waals surface area contributed by atoms with Crippen LogP contribution in [0, 0.1) is 0 Å². The van der Waals surface area contributed by atoms with E-state index < -0.39 is 0 Å². The molecule has 29 heavy (non-hydrogen) atoms. The average molecular weight is 403 g/mol. The summed E-state index contributed by atoms with van der Waals surface area (Å²) in [6.07, 6.45) is 5.27. The minimum atomic E-state index is -0.361. The molecule has 3 N–H and O–H groups in total. The molecule has 4 aromatic rings. The molecule has 0 bridgehead atoms. The number of amides is 3. The molecule has 0 radical (unpaired) electrons. The minimum absolute atomic E-state index is 0.234. The van der Waals surface area contributed by atoms with E-state index >= 15 is 0 Å². The summed E-state index contributed by atoms with van der Waals surface area (Å²) >= 11 is 1.20. The summed E-state index contributed by atoms with van der Waals surface area (Å²) in [7, 11) is 0. The van der Waals surface area contributed by atoms with Gasteiger partial charge in [0.05, 0.1) is 16.2 Å². The summed E-state index contributed by atoms with van der Waals surface area (Å²) in [6.45, 7) is 0. The number of hydrogen-bond acceptors (Lipinski definition) is 4. The molecule has 2 heterocycles. The van der Waals surface area contributed by atoms with Crippen LogP contribution in [0.1, 0.15) is 9.67 Å². The van der Waals surface area contributed by atoms with Gasteiger partial charge in [-0.05, 0) is 48.5 Å². The van der Waals surface area contributed by atoms with Gasteiger partial charge in [-0.25, -0.2) is 9.78 Å². The first-order valence-electron chi connectivity index (χ1n) is 8.80. The van der Waals surface area contributed by atoms with Crippen molar-refractivity contribution < 1.29 is 9.59 Å². The van der Waals surface area contributed by atoms with Crippen molar-refractivity contribution in [3.8, 4) is 5.69 Å². The molecule has 144 valence electrons. The zero-order chi connectivity index (χ0) is 20.1. The van der Waals surface area contributed by atoms with Gasteiger partial charge in [0.25, 0.3) is 5.91 Å². The molecule has 0 saturated heterocycles. The zero-order valence-corrected chi connectivity index (χ0v) is 16.0. The Kier molecular flexibility index (Phi) is 5.35. The Bertz CT molecular complexity index is 1110. The average Bonchev–Trinajstić information content (AvgIpc) is 3.41. The molecule has 8 heteroatoms. The van der Waals surface area contributed by atoms with Crippen LogP contribution in [0.15, 0.2) is 85.5 Å². The lowest BCUT2D eigenvalue weighted by atomic mass is 10.2. The predicted octanol–water partition coefficient (Wildman–Crippen LogP) is 4.83. The minimum Gasteiger partial charge on any atom is -0.321 e. The molecule has 0 aliphatic rings. The number of carbonyl (C=O) groups excluding carboxylic acids is 2. The number of nitrogens with one attached hydrogen (secondary N) is 3. The maximum atomic E-state index is 12.5. The van der Waals surface area contributed by atoms with E-state index in [1.807, 2.05) is 53.2 Å². The van der Waals surface area contributed by atoms with Crippen molar-refractivity contribution >= 4 is 39.7 Å². The molecule has 7 nitrogen and oxygen atoms in total. The summed E-state index contributed by atoms with van der Waals surface area (Å²) < 4.78 is 1.88. The first kappa shape index (κ1) is 18.5. The van der Waals surface area contributed by atoms with E-state index in [2.05, 4.69) is 20.9 Å². The molecule has 4 rings (SSSR count). The van der Waals surface area contributed by atoms with Crippen molar-refractivity contribution in [1.29, 1.82) is 0 Å². The smallest absolute Gasteiger partial charge is 0.321 e. The van der Waals surface area contributed by atoms with Crippen LogP contribution in [0.2, 0.25) is 0 Å². The van der Waals surface area contributed by atoms with E-state index in [-0.39, 0.29) is 11.9 Å². The van der Waals surface area contributed by atoms with Crippen LogP contribution < -0.4 is 16.0 Å². The second kappa shape index (κ2) is 8.41. The third kappa shape index (κ3) is 4.69. The van der Waals surface area contributed by atoms with Gasteiger partial charge in [0.2, 0.25) is 0 Å². The van der Waals surface area contributed by atoms with Gasteiger partial charge in [-0.2, -0.15) is 0 Å². The third-order valence-corrected chi connectivity index (χ3v) is 5.03. The molecule has 0 aliphatic heterocycles. The number of urea groups is 1. The Labute approximate surface area is 171 Å². The second-order valence-corrected chi connectivity index (χ2v) is 7.16. The fourth-order valence-electron chi connectivity index (χ4n) is 2.64. The molecule has 0 fully saturated rings. The Hall–Kier alpha value is -3.91.